The van der Waals surface area contributed by atoms with Gasteiger partial charge in [0.2, 0.25) is 5.91 Å². The van der Waals surface area contributed by atoms with Crippen molar-refractivity contribution in [2.24, 2.45) is 4.99 Å². The maximum atomic E-state index is 12.5. The molecule has 1 heterocycles. The van der Waals surface area contributed by atoms with Gasteiger partial charge in [0.15, 0.2) is 5.96 Å². The van der Waals surface area contributed by atoms with Gasteiger partial charge in [-0.25, -0.2) is 0 Å². The fourth-order valence-electron chi connectivity index (χ4n) is 3.25. The largest absolute Gasteiger partial charge is 0.353 e. The average Bonchev–Trinajstić information content (AvgIpc) is 2.74. The molecule has 166 valence electrons. The summed E-state index contributed by atoms with van der Waals surface area (Å²) in [5.74, 6) is 0.640. The van der Waals surface area contributed by atoms with Crippen LogP contribution < -0.4 is 10.6 Å². The van der Waals surface area contributed by atoms with E-state index in [2.05, 4.69) is 27.1 Å². The van der Waals surface area contributed by atoms with E-state index >= 15 is 0 Å². The summed E-state index contributed by atoms with van der Waals surface area (Å²) in [6.07, 6.45) is 6.51. The Bertz CT molecular complexity index is 721. The Kier molecular flexibility index (Phi) is 12.1. The molecule has 0 atom stereocenters. The Hall–Kier alpha value is -2.10. The molecular formula is C22H34IN5O2. The second kappa shape index (κ2) is 14.0. The number of rotatable bonds is 9. The van der Waals surface area contributed by atoms with E-state index in [1.54, 1.807) is 11.9 Å². The van der Waals surface area contributed by atoms with Crippen LogP contribution in [0.25, 0.3) is 0 Å². The smallest absolute Gasteiger partial charge is 0.254 e. The van der Waals surface area contributed by atoms with Crippen LogP contribution in [0.5, 0.6) is 0 Å². The summed E-state index contributed by atoms with van der Waals surface area (Å²) in [6, 6.07) is 7.51. The lowest BCUT2D eigenvalue weighted by Gasteiger charge is -2.26. The Balaban J connectivity index is 0.00000450. The quantitative estimate of drug-likeness (QED) is 0.170. The molecular weight excluding hydrogens is 493 g/mol. The summed E-state index contributed by atoms with van der Waals surface area (Å²) in [5, 5.41) is 6.10. The predicted octanol–water partition coefficient (Wildman–Crippen LogP) is 2.63. The number of aliphatic imine (C=N–C) groups is 1. The topological polar surface area (TPSA) is 77.0 Å². The molecule has 7 nitrogen and oxygen atoms in total. The Morgan fingerprint density at radius 1 is 1.30 bits per heavy atom. The summed E-state index contributed by atoms with van der Waals surface area (Å²) in [7, 11) is 3.83. The third kappa shape index (κ3) is 8.33. The Labute approximate surface area is 197 Å². The highest BCUT2D eigenvalue weighted by Crippen LogP contribution is 2.09. The fourth-order valence-corrected chi connectivity index (χ4v) is 3.25. The number of hydrogen-bond donors (Lipinski definition) is 2. The minimum atomic E-state index is -0.110. The van der Waals surface area contributed by atoms with Gasteiger partial charge in [0.25, 0.3) is 5.91 Å². The van der Waals surface area contributed by atoms with Crippen LogP contribution >= 0.6 is 24.0 Å². The lowest BCUT2D eigenvalue weighted by molar-refractivity contribution is -0.123. The molecule has 1 aliphatic rings. The molecule has 1 fully saturated rings. The van der Waals surface area contributed by atoms with Crippen molar-refractivity contribution in [1.82, 2.24) is 20.4 Å². The number of nitrogens with zero attached hydrogens (tertiary/aromatic N) is 3. The van der Waals surface area contributed by atoms with Crippen molar-refractivity contribution in [3.05, 3.63) is 48.0 Å². The number of carbonyl (C=O) groups excluding carboxylic acids is 2. The van der Waals surface area contributed by atoms with Crippen molar-refractivity contribution < 1.29 is 9.59 Å². The van der Waals surface area contributed by atoms with Crippen molar-refractivity contribution in [1.29, 1.82) is 0 Å². The van der Waals surface area contributed by atoms with Crippen LogP contribution in [0.2, 0.25) is 0 Å². The van der Waals surface area contributed by atoms with Crippen molar-refractivity contribution in [3.63, 3.8) is 0 Å². The van der Waals surface area contributed by atoms with Gasteiger partial charge >= 0.3 is 0 Å². The molecule has 30 heavy (non-hydrogen) atoms. The fraction of sp³-hybridized carbons (Fsp3) is 0.500. The number of halogens is 1. The van der Waals surface area contributed by atoms with Gasteiger partial charge in [0, 0.05) is 45.8 Å². The standard InChI is InChI=1S/C22H33N5O2.HI/c1-4-5-6-7-8-14-26(3)22(23-2)25-16-18-9-11-19(12-10-18)21(29)27-15-13-24-20(28)17-27;/h4,9-12H,1,5-8,13-17H2,2-3H3,(H,23,25)(H,24,28);1H. The van der Waals surface area contributed by atoms with E-state index in [1.807, 2.05) is 37.4 Å². The molecule has 0 unspecified atom stereocenters. The van der Waals surface area contributed by atoms with Gasteiger partial charge in [-0.2, -0.15) is 0 Å². The van der Waals surface area contributed by atoms with Gasteiger partial charge in [-0.1, -0.05) is 24.6 Å². The number of amides is 2. The summed E-state index contributed by atoms with van der Waals surface area (Å²) in [6.45, 7) is 6.51. The first-order valence-electron chi connectivity index (χ1n) is 10.2. The number of nitrogens with one attached hydrogen (secondary N) is 2. The van der Waals surface area contributed by atoms with E-state index in [0.717, 1.165) is 30.9 Å². The Morgan fingerprint density at radius 2 is 2.03 bits per heavy atom. The number of piperazine rings is 1. The zero-order valence-electron chi connectivity index (χ0n) is 18.0. The molecule has 2 amide bonds. The van der Waals surface area contributed by atoms with E-state index in [0.29, 0.717) is 25.2 Å². The summed E-state index contributed by atoms with van der Waals surface area (Å²) < 4.78 is 0. The SMILES string of the molecule is C=CCCCCCN(C)C(=NC)NCc1ccc(C(=O)N2CCNC(=O)C2)cc1.I. The first kappa shape index (κ1) is 25.9. The number of carbonyl (C=O) groups is 2. The molecule has 1 aliphatic heterocycles. The van der Waals surface area contributed by atoms with E-state index < -0.39 is 0 Å². The van der Waals surface area contributed by atoms with Gasteiger partial charge in [0.05, 0.1) is 6.54 Å². The highest BCUT2D eigenvalue weighted by atomic mass is 127. The minimum absolute atomic E-state index is 0. The van der Waals surface area contributed by atoms with Gasteiger partial charge in [0.1, 0.15) is 0 Å². The third-order valence-corrected chi connectivity index (χ3v) is 4.95. The van der Waals surface area contributed by atoms with Crippen LogP contribution in [0, 0.1) is 0 Å². The van der Waals surface area contributed by atoms with Crippen LogP contribution in [-0.4, -0.2) is 67.8 Å². The molecule has 2 N–H and O–H groups in total. The predicted molar refractivity (Wildman–Crippen MR) is 132 cm³/mol. The van der Waals surface area contributed by atoms with Crippen molar-refractivity contribution in [2.45, 2.75) is 32.2 Å². The molecule has 0 spiro atoms. The zero-order chi connectivity index (χ0) is 21.1. The maximum absolute atomic E-state index is 12.5. The van der Waals surface area contributed by atoms with Gasteiger partial charge in [-0.15, -0.1) is 30.6 Å². The average molecular weight is 527 g/mol. The number of hydrogen-bond acceptors (Lipinski definition) is 3. The first-order chi connectivity index (χ1) is 14.0. The van der Waals surface area contributed by atoms with Gasteiger partial charge in [-0.05, 0) is 37.0 Å². The lowest BCUT2D eigenvalue weighted by Crippen LogP contribution is -2.49. The van der Waals surface area contributed by atoms with Crippen molar-refractivity contribution in [3.8, 4) is 0 Å². The molecule has 0 bridgehead atoms. The molecule has 1 aromatic carbocycles. The number of unbranched alkanes of at least 4 members (excludes halogenated alkanes) is 3. The Morgan fingerprint density at radius 3 is 2.67 bits per heavy atom. The second-order valence-electron chi connectivity index (χ2n) is 7.23. The van der Waals surface area contributed by atoms with Crippen molar-refractivity contribution in [2.75, 3.05) is 40.3 Å². The van der Waals surface area contributed by atoms with E-state index in [9.17, 15) is 9.59 Å². The molecule has 8 heteroatoms. The van der Waals surface area contributed by atoms with Crippen LogP contribution in [0.15, 0.2) is 41.9 Å². The maximum Gasteiger partial charge on any atom is 0.254 e. The molecule has 1 aromatic rings. The number of guanidine groups is 1. The highest BCUT2D eigenvalue weighted by Gasteiger charge is 2.22. The van der Waals surface area contributed by atoms with Gasteiger partial charge < -0.3 is 20.4 Å². The number of benzene rings is 1. The molecule has 1 saturated heterocycles. The normalized spacial score (nSPS) is 13.9. The second-order valence-corrected chi connectivity index (χ2v) is 7.23. The summed E-state index contributed by atoms with van der Waals surface area (Å²) in [4.78, 5) is 32.1. The first-order valence-corrected chi connectivity index (χ1v) is 10.2. The van der Waals surface area contributed by atoms with E-state index in [1.165, 1.54) is 12.8 Å². The molecule has 0 aromatic heterocycles. The lowest BCUT2D eigenvalue weighted by atomic mass is 10.1. The number of allylic oxidation sites excluding steroid dienone is 1. The van der Waals surface area contributed by atoms with Crippen LogP contribution in [0.1, 0.15) is 41.6 Å². The minimum Gasteiger partial charge on any atom is -0.353 e. The monoisotopic (exact) mass is 527 g/mol. The summed E-state index contributed by atoms with van der Waals surface area (Å²) in [5.41, 5.74) is 1.67. The molecule has 0 aliphatic carbocycles. The highest BCUT2D eigenvalue weighted by molar-refractivity contribution is 14.0. The van der Waals surface area contributed by atoms with E-state index in [4.69, 9.17) is 0 Å². The van der Waals surface area contributed by atoms with E-state index in [-0.39, 0.29) is 42.3 Å². The molecule has 0 radical (unpaired) electrons. The van der Waals surface area contributed by atoms with Crippen molar-refractivity contribution >= 4 is 41.8 Å². The summed E-state index contributed by atoms with van der Waals surface area (Å²) >= 11 is 0. The molecule has 0 saturated carbocycles. The third-order valence-electron chi connectivity index (χ3n) is 4.95. The molecule has 2 rings (SSSR count). The van der Waals surface area contributed by atoms with Crippen LogP contribution in [0.4, 0.5) is 0 Å². The van der Waals surface area contributed by atoms with Crippen LogP contribution in [-0.2, 0) is 11.3 Å². The zero-order valence-corrected chi connectivity index (χ0v) is 20.4. The van der Waals surface area contributed by atoms with Crippen LogP contribution in [0.3, 0.4) is 0 Å². The van der Waals surface area contributed by atoms with Gasteiger partial charge in [-0.3, -0.25) is 14.6 Å².